The summed E-state index contributed by atoms with van der Waals surface area (Å²) in [4.78, 5) is 2.22. The Morgan fingerprint density at radius 2 is 2.05 bits per heavy atom. The Morgan fingerprint density at radius 1 is 1.25 bits per heavy atom. The van der Waals surface area contributed by atoms with E-state index in [-0.39, 0.29) is 0 Å². The molecule has 0 saturated carbocycles. The molecule has 1 aromatic rings. The van der Waals surface area contributed by atoms with Crippen LogP contribution in [-0.4, -0.2) is 44.9 Å². The van der Waals surface area contributed by atoms with Gasteiger partial charge in [-0.1, -0.05) is 6.07 Å². The van der Waals surface area contributed by atoms with Crippen LogP contribution in [0.3, 0.4) is 0 Å². The lowest BCUT2D eigenvalue weighted by Crippen LogP contribution is -2.29. The summed E-state index contributed by atoms with van der Waals surface area (Å²) in [5.74, 6) is 1.75. The highest BCUT2D eigenvalue weighted by Gasteiger charge is 2.13. The van der Waals surface area contributed by atoms with Gasteiger partial charge in [-0.05, 0) is 71.1 Å². The lowest BCUT2D eigenvalue weighted by Gasteiger charge is -2.15. The second kappa shape index (κ2) is 7.50. The number of aryl methyl sites for hydroxylation is 1. The molecule has 1 aliphatic rings. The summed E-state index contributed by atoms with van der Waals surface area (Å²) in [5, 5.41) is 3.58. The molecule has 0 bridgehead atoms. The van der Waals surface area contributed by atoms with Crippen molar-refractivity contribution in [2.75, 3.05) is 34.0 Å². The lowest BCUT2D eigenvalue weighted by atomic mass is 10.1. The van der Waals surface area contributed by atoms with E-state index in [4.69, 9.17) is 9.47 Å². The van der Waals surface area contributed by atoms with Crippen LogP contribution in [0.2, 0.25) is 0 Å². The molecule has 4 heteroatoms. The Kier molecular flexibility index (Phi) is 5.68. The molecule has 1 aromatic carbocycles. The SMILES string of the molecule is CC(CCc1ccc2c(c1)OCO2)NCCCN(C)C. The van der Waals surface area contributed by atoms with Gasteiger partial charge in [-0.15, -0.1) is 0 Å². The van der Waals surface area contributed by atoms with Crippen LogP contribution in [0, 0.1) is 0 Å². The predicted molar refractivity (Wildman–Crippen MR) is 81.5 cm³/mol. The van der Waals surface area contributed by atoms with Gasteiger partial charge in [-0.3, -0.25) is 0 Å². The van der Waals surface area contributed by atoms with Gasteiger partial charge >= 0.3 is 0 Å². The van der Waals surface area contributed by atoms with E-state index in [0.29, 0.717) is 12.8 Å². The molecule has 0 fully saturated rings. The zero-order valence-electron chi connectivity index (χ0n) is 12.8. The fourth-order valence-electron chi connectivity index (χ4n) is 2.33. The number of nitrogens with one attached hydrogen (secondary N) is 1. The van der Waals surface area contributed by atoms with Gasteiger partial charge in [0.1, 0.15) is 0 Å². The van der Waals surface area contributed by atoms with Crippen molar-refractivity contribution in [1.82, 2.24) is 10.2 Å². The van der Waals surface area contributed by atoms with E-state index in [2.05, 4.69) is 43.4 Å². The maximum absolute atomic E-state index is 5.41. The largest absolute Gasteiger partial charge is 0.454 e. The van der Waals surface area contributed by atoms with Crippen molar-refractivity contribution >= 4 is 0 Å². The van der Waals surface area contributed by atoms with Crippen LogP contribution in [0.4, 0.5) is 0 Å². The summed E-state index contributed by atoms with van der Waals surface area (Å²) < 4.78 is 10.7. The molecule has 1 heterocycles. The first-order chi connectivity index (χ1) is 9.65. The third-order valence-electron chi connectivity index (χ3n) is 3.58. The monoisotopic (exact) mass is 278 g/mol. The molecule has 2 rings (SSSR count). The van der Waals surface area contributed by atoms with Crippen LogP contribution < -0.4 is 14.8 Å². The Morgan fingerprint density at radius 3 is 2.85 bits per heavy atom. The smallest absolute Gasteiger partial charge is 0.231 e. The van der Waals surface area contributed by atoms with Crippen LogP contribution in [0.5, 0.6) is 11.5 Å². The minimum absolute atomic E-state index is 0.350. The zero-order valence-corrected chi connectivity index (χ0v) is 12.8. The molecule has 1 aliphatic heterocycles. The third kappa shape index (κ3) is 4.69. The Labute approximate surface area is 122 Å². The van der Waals surface area contributed by atoms with Gasteiger partial charge in [-0.25, -0.2) is 0 Å². The van der Waals surface area contributed by atoms with Crippen molar-refractivity contribution in [2.45, 2.75) is 32.2 Å². The summed E-state index contributed by atoms with van der Waals surface area (Å²) in [6.07, 6.45) is 3.40. The van der Waals surface area contributed by atoms with E-state index in [0.717, 1.165) is 37.4 Å². The molecule has 1 atom stereocenters. The molecule has 112 valence electrons. The van der Waals surface area contributed by atoms with E-state index < -0.39 is 0 Å². The van der Waals surface area contributed by atoms with Crippen LogP contribution >= 0.6 is 0 Å². The van der Waals surface area contributed by atoms with Gasteiger partial charge in [0.15, 0.2) is 11.5 Å². The molecule has 20 heavy (non-hydrogen) atoms. The van der Waals surface area contributed by atoms with Gasteiger partial charge in [0.25, 0.3) is 0 Å². The lowest BCUT2D eigenvalue weighted by molar-refractivity contribution is 0.174. The summed E-state index contributed by atoms with van der Waals surface area (Å²) in [5.41, 5.74) is 1.32. The zero-order chi connectivity index (χ0) is 14.4. The number of benzene rings is 1. The number of ether oxygens (including phenoxy) is 2. The Balaban J connectivity index is 1.67. The van der Waals surface area contributed by atoms with E-state index >= 15 is 0 Å². The van der Waals surface area contributed by atoms with Crippen LogP contribution in [-0.2, 0) is 6.42 Å². The third-order valence-corrected chi connectivity index (χ3v) is 3.58. The van der Waals surface area contributed by atoms with Crippen molar-refractivity contribution in [3.8, 4) is 11.5 Å². The first-order valence-electron chi connectivity index (χ1n) is 7.42. The average molecular weight is 278 g/mol. The Bertz CT molecular complexity index is 421. The minimum Gasteiger partial charge on any atom is -0.454 e. The topological polar surface area (TPSA) is 33.7 Å². The standard InChI is InChI=1S/C16H26N2O2/c1-13(17-9-4-10-18(2)3)5-6-14-7-8-15-16(11-14)20-12-19-15/h7-8,11,13,17H,4-6,9-10,12H2,1-3H3. The summed E-state index contributed by atoms with van der Waals surface area (Å²) in [7, 11) is 4.23. The Hall–Kier alpha value is -1.26. The van der Waals surface area contributed by atoms with E-state index in [1.807, 2.05) is 6.07 Å². The van der Waals surface area contributed by atoms with Crippen LogP contribution in [0.1, 0.15) is 25.3 Å². The molecule has 0 aliphatic carbocycles. The first kappa shape index (κ1) is 15.1. The molecule has 4 nitrogen and oxygen atoms in total. The second-order valence-corrected chi connectivity index (χ2v) is 5.74. The van der Waals surface area contributed by atoms with Gasteiger partial charge < -0.3 is 19.7 Å². The number of nitrogens with zero attached hydrogens (tertiary/aromatic N) is 1. The van der Waals surface area contributed by atoms with Crippen molar-refractivity contribution < 1.29 is 9.47 Å². The fraction of sp³-hybridized carbons (Fsp3) is 0.625. The number of rotatable bonds is 8. The molecule has 0 radical (unpaired) electrons. The summed E-state index contributed by atoms with van der Waals surface area (Å²) in [6, 6.07) is 6.78. The summed E-state index contributed by atoms with van der Waals surface area (Å²) >= 11 is 0. The second-order valence-electron chi connectivity index (χ2n) is 5.74. The van der Waals surface area contributed by atoms with Gasteiger partial charge in [-0.2, -0.15) is 0 Å². The molecule has 0 spiro atoms. The van der Waals surface area contributed by atoms with Crippen molar-refractivity contribution in [3.63, 3.8) is 0 Å². The molecule has 1 unspecified atom stereocenters. The number of fused-ring (bicyclic) bond motifs is 1. The highest BCUT2D eigenvalue weighted by Crippen LogP contribution is 2.32. The van der Waals surface area contributed by atoms with Crippen molar-refractivity contribution in [2.24, 2.45) is 0 Å². The van der Waals surface area contributed by atoms with Gasteiger partial charge in [0, 0.05) is 6.04 Å². The molecule has 0 amide bonds. The maximum Gasteiger partial charge on any atom is 0.231 e. The molecule has 1 N–H and O–H groups in total. The number of hydrogen-bond acceptors (Lipinski definition) is 4. The van der Waals surface area contributed by atoms with E-state index in [1.165, 1.54) is 12.0 Å². The van der Waals surface area contributed by atoms with Crippen molar-refractivity contribution in [3.05, 3.63) is 23.8 Å². The van der Waals surface area contributed by atoms with Crippen LogP contribution in [0.25, 0.3) is 0 Å². The first-order valence-corrected chi connectivity index (χ1v) is 7.42. The molecular weight excluding hydrogens is 252 g/mol. The highest BCUT2D eigenvalue weighted by atomic mass is 16.7. The quantitative estimate of drug-likeness (QED) is 0.740. The molecule has 0 saturated heterocycles. The van der Waals surface area contributed by atoms with E-state index in [9.17, 15) is 0 Å². The predicted octanol–water partition coefficient (Wildman–Crippen LogP) is 2.28. The minimum atomic E-state index is 0.350. The fourth-order valence-corrected chi connectivity index (χ4v) is 2.33. The normalized spacial score (nSPS) is 14.8. The van der Waals surface area contributed by atoms with Gasteiger partial charge in [0.05, 0.1) is 0 Å². The number of hydrogen-bond donors (Lipinski definition) is 1. The molecular formula is C16H26N2O2. The average Bonchev–Trinajstić information content (AvgIpc) is 2.88. The van der Waals surface area contributed by atoms with Crippen molar-refractivity contribution in [1.29, 1.82) is 0 Å². The van der Waals surface area contributed by atoms with Gasteiger partial charge in [0.2, 0.25) is 6.79 Å². The maximum atomic E-state index is 5.41. The molecule has 0 aromatic heterocycles. The summed E-state index contributed by atoms with van der Waals surface area (Å²) in [6.45, 7) is 4.83. The van der Waals surface area contributed by atoms with Crippen LogP contribution in [0.15, 0.2) is 18.2 Å². The van der Waals surface area contributed by atoms with E-state index in [1.54, 1.807) is 0 Å². The highest BCUT2D eigenvalue weighted by molar-refractivity contribution is 5.44.